The SMILES string of the molecule is CCCCCCCCNC(=O)O.OCC(O)CO. The van der Waals surface area contributed by atoms with E-state index in [9.17, 15) is 4.79 Å². The summed E-state index contributed by atoms with van der Waals surface area (Å²) in [5.41, 5.74) is 0. The first kappa shape index (κ1) is 19.5. The van der Waals surface area contributed by atoms with Gasteiger partial charge in [-0.05, 0) is 6.42 Å². The van der Waals surface area contributed by atoms with Gasteiger partial charge < -0.3 is 25.7 Å². The Bertz CT molecular complexity index is 174. The lowest BCUT2D eigenvalue weighted by Crippen LogP contribution is -2.21. The number of aliphatic hydroxyl groups excluding tert-OH is 3. The van der Waals surface area contributed by atoms with Gasteiger partial charge in [-0.3, -0.25) is 0 Å². The zero-order chi connectivity index (χ0) is 14.2. The molecule has 0 unspecified atom stereocenters. The van der Waals surface area contributed by atoms with E-state index in [0.29, 0.717) is 6.54 Å². The highest BCUT2D eigenvalue weighted by atomic mass is 16.4. The largest absolute Gasteiger partial charge is 0.465 e. The molecule has 0 aliphatic heterocycles. The van der Waals surface area contributed by atoms with Crippen LogP contribution in [0.4, 0.5) is 4.79 Å². The average molecular weight is 265 g/mol. The molecule has 0 fully saturated rings. The standard InChI is InChI=1S/C9H19NO2.C3H8O3/c1-2-3-4-5-6-7-8-10-9(11)12;4-1-3(6)2-5/h10H,2-8H2,1H3,(H,11,12);3-6H,1-2H2. The molecular weight excluding hydrogens is 238 g/mol. The summed E-state index contributed by atoms with van der Waals surface area (Å²) in [6, 6.07) is 0. The molecule has 18 heavy (non-hydrogen) atoms. The molecule has 0 saturated heterocycles. The van der Waals surface area contributed by atoms with E-state index in [0.717, 1.165) is 12.8 Å². The molecule has 0 aromatic rings. The maximum Gasteiger partial charge on any atom is 0.404 e. The first-order valence-corrected chi connectivity index (χ1v) is 6.45. The predicted octanol–water partition coefficient (Wildman–Crippen LogP) is 0.946. The highest BCUT2D eigenvalue weighted by Gasteiger charge is 1.94. The molecular formula is C12H27NO5. The number of hydrogen-bond donors (Lipinski definition) is 5. The Kier molecular flexibility index (Phi) is 17.5. The van der Waals surface area contributed by atoms with Crippen molar-refractivity contribution in [3.63, 3.8) is 0 Å². The topological polar surface area (TPSA) is 110 Å². The van der Waals surface area contributed by atoms with Crippen LogP contribution < -0.4 is 5.32 Å². The van der Waals surface area contributed by atoms with Gasteiger partial charge in [0.1, 0.15) is 6.10 Å². The van der Waals surface area contributed by atoms with Gasteiger partial charge in [-0.15, -0.1) is 0 Å². The Morgan fingerprint density at radius 1 is 1.06 bits per heavy atom. The normalized spacial score (nSPS) is 9.83. The molecule has 110 valence electrons. The highest BCUT2D eigenvalue weighted by Crippen LogP contribution is 2.03. The third kappa shape index (κ3) is 20.5. The smallest absolute Gasteiger partial charge is 0.404 e. The zero-order valence-electron chi connectivity index (χ0n) is 11.1. The van der Waals surface area contributed by atoms with Crippen molar-refractivity contribution in [3.8, 4) is 0 Å². The van der Waals surface area contributed by atoms with Crippen LogP contribution in [0.25, 0.3) is 0 Å². The van der Waals surface area contributed by atoms with Crippen molar-refractivity contribution >= 4 is 6.09 Å². The van der Waals surface area contributed by atoms with Gasteiger partial charge in [0.25, 0.3) is 0 Å². The van der Waals surface area contributed by atoms with E-state index < -0.39 is 12.2 Å². The Hall–Kier alpha value is -0.850. The molecule has 0 rings (SSSR count). The molecule has 0 aromatic heterocycles. The molecule has 1 amide bonds. The summed E-state index contributed by atoms with van der Waals surface area (Å²) in [6.07, 6.45) is 5.31. The summed E-state index contributed by atoms with van der Waals surface area (Å²) in [5.74, 6) is 0. The predicted molar refractivity (Wildman–Crippen MR) is 69.6 cm³/mol. The first-order chi connectivity index (χ1) is 8.58. The van der Waals surface area contributed by atoms with Crippen LogP contribution in [0.5, 0.6) is 0 Å². The molecule has 0 heterocycles. The minimum absolute atomic E-state index is 0.365. The Morgan fingerprint density at radius 2 is 1.56 bits per heavy atom. The lowest BCUT2D eigenvalue weighted by molar-refractivity contribution is 0.0450. The van der Waals surface area contributed by atoms with Gasteiger partial charge in [0.2, 0.25) is 0 Å². The summed E-state index contributed by atoms with van der Waals surface area (Å²) in [5, 5.41) is 34.6. The van der Waals surface area contributed by atoms with Gasteiger partial charge in [0.15, 0.2) is 0 Å². The van der Waals surface area contributed by atoms with Crippen LogP contribution in [-0.2, 0) is 0 Å². The molecule has 0 aliphatic carbocycles. The number of aliphatic hydroxyl groups is 3. The average Bonchev–Trinajstić information content (AvgIpc) is 2.37. The van der Waals surface area contributed by atoms with E-state index in [1.807, 2.05) is 0 Å². The Labute approximate surface area is 109 Å². The van der Waals surface area contributed by atoms with E-state index in [1.165, 1.54) is 25.7 Å². The molecule has 6 heteroatoms. The zero-order valence-corrected chi connectivity index (χ0v) is 11.1. The molecule has 6 nitrogen and oxygen atoms in total. The lowest BCUT2D eigenvalue weighted by atomic mass is 10.1. The van der Waals surface area contributed by atoms with E-state index in [2.05, 4.69) is 12.2 Å². The molecule has 0 spiro atoms. The molecule has 0 radical (unpaired) electrons. The van der Waals surface area contributed by atoms with Crippen molar-refractivity contribution in [3.05, 3.63) is 0 Å². The summed E-state index contributed by atoms with van der Waals surface area (Å²) in [7, 11) is 0. The monoisotopic (exact) mass is 265 g/mol. The maximum absolute atomic E-state index is 10.0. The number of amides is 1. The molecule has 0 atom stereocenters. The van der Waals surface area contributed by atoms with Crippen molar-refractivity contribution in [1.29, 1.82) is 0 Å². The van der Waals surface area contributed by atoms with Gasteiger partial charge in [-0.2, -0.15) is 0 Å². The maximum atomic E-state index is 10.0. The fourth-order valence-electron chi connectivity index (χ4n) is 1.16. The van der Waals surface area contributed by atoms with Crippen LogP contribution in [0.15, 0.2) is 0 Å². The highest BCUT2D eigenvalue weighted by molar-refractivity contribution is 5.64. The molecule has 5 N–H and O–H groups in total. The second-order valence-electron chi connectivity index (χ2n) is 4.02. The Morgan fingerprint density at radius 3 is 1.94 bits per heavy atom. The third-order valence-electron chi connectivity index (χ3n) is 2.23. The van der Waals surface area contributed by atoms with Gasteiger partial charge in [-0.1, -0.05) is 39.0 Å². The lowest BCUT2D eigenvalue weighted by Gasteiger charge is -2.00. The van der Waals surface area contributed by atoms with Crippen molar-refractivity contribution in [2.24, 2.45) is 0 Å². The second kappa shape index (κ2) is 16.1. The van der Waals surface area contributed by atoms with Gasteiger partial charge in [0, 0.05) is 6.54 Å². The second-order valence-corrected chi connectivity index (χ2v) is 4.02. The number of carboxylic acid groups (broad SMARTS) is 1. The minimum atomic E-state index is -0.954. The van der Waals surface area contributed by atoms with Crippen LogP contribution in [0.1, 0.15) is 45.4 Å². The summed E-state index contributed by atoms with van der Waals surface area (Å²) >= 11 is 0. The van der Waals surface area contributed by atoms with E-state index in [4.69, 9.17) is 20.4 Å². The van der Waals surface area contributed by atoms with Gasteiger partial charge >= 0.3 is 6.09 Å². The minimum Gasteiger partial charge on any atom is -0.465 e. The number of unbranched alkanes of at least 4 members (excludes halogenated alkanes) is 5. The van der Waals surface area contributed by atoms with Crippen LogP contribution in [0, 0.1) is 0 Å². The Balaban J connectivity index is 0. The first-order valence-electron chi connectivity index (χ1n) is 6.45. The van der Waals surface area contributed by atoms with Crippen molar-refractivity contribution in [1.82, 2.24) is 5.32 Å². The summed E-state index contributed by atoms with van der Waals surface area (Å²) < 4.78 is 0. The van der Waals surface area contributed by atoms with E-state index in [-0.39, 0.29) is 13.2 Å². The molecule has 0 saturated carbocycles. The summed E-state index contributed by atoms with van der Waals surface area (Å²) in [4.78, 5) is 10.0. The number of hydrogen-bond acceptors (Lipinski definition) is 4. The van der Waals surface area contributed by atoms with Crippen molar-refractivity contribution < 1.29 is 25.2 Å². The van der Waals surface area contributed by atoms with E-state index >= 15 is 0 Å². The number of nitrogens with one attached hydrogen (secondary N) is 1. The fraction of sp³-hybridized carbons (Fsp3) is 0.917. The fourth-order valence-corrected chi connectivity index (χ4v) is 1.16. The van der Waals surface area contributed by atoms with Gasteiger partial charge in [0.05, 0.1) is 13.2 Å². The van der Waals surface area contributed by atoms with Crippen molar-refractivity contribution in [2.75, 3.05) is 19.8 Å². The molecule has 0 aromatic carbocycles. The van der Waals surface area contributed by atoms with Crippen LogP contribution in [0.2, 0.25) is 0 Å². The van der Waals surface area contributed by atoms with Crippen LogP contribution in [0.3, 0.4) is 0 Å². The quantitative estimate of drug-likeness (QED) is 0.399. The van der Waals surface area contributed by atoms with Crippen LogP contribution >= 0.6 is 0 Å². The molecule has 0 bridgehead atoms. The number of rotatable bonds is 9. The van der Waals surface area contributed by atoms with Crippen LogP contribution in [-0.4, -0.2) is 52.4 Å². The van der Waals surface area contributed by atoms with E-state index in [1.54, 1.807) is 0 Å². The van der Waals surface area contributed by atoms with Gasteiger partial charge in [-0.25, -0.2) is 4.79 Å². The number of carbonyl (C=O) groups is 1. The summed E-state index contributed by atoms with van der Waals surface area (Å²) in [6.45, 7) is 2.06. The van der Waals surface area contributed by atoms with Crippen molar-refractivity contribution in [2.45, 2.75) is 51.6 Å². The third-order valence-corrected chi connectivity index (χ3v) is 2.23. The molecule has 0 aliphatic rings.